The molecule has 0 radical (unpaired) electrons. The molecule has 31 heavy (non-hydrogen) atoms. The summed E-state index contributed by atoms with van der Waals surface area (Å²) in [5, 5.41) is 1.19. The summed E-state index contributed by atoms with van der Waals surface area (Å²) < 4.78 is 32.3. The largest absolute Gasteiger partial charge is 0.379 e. The molecule has 2 aromatic carbocycles. The fraction of sp³-hybridized carbons (Fsp3) is 0.333. The van der Waals surface area contributed by atoms with Crippen molar-refractivity contribution in [2.75, 3.05) is 37.0 Å². The number of nitrogens with zero attached hydrogens (tertiary/aromatic N) is 3. The molecule has 0 aromatic heterocycles. The van der Waals surface area contributed by atoms with E-state index in [1.54, 1.807) is 41.3 Å². The van der Waals surface area contributed by atoms with Crippen molar-refractivity contribution in [1.82, 2.24) is 4.31 Å². The van der Waals surface area contributed by atoms with Crippen molar-refractivity contribution in [1.29, 1.82) is 0 Å². The van der Waals surface area contributed by atoms with Gasteiger partial charge in [-0.1, -0.05) is 23.4 Å². The van der Waals surface area contributed by atoms with Crippen LogP contribution in [0.3, 0.4) is 0 Å². The average Bonchev–Trinajstić information content (AvgIpc) is 3.21. The molecule has 2 aliphatic rings. The van der Waals surface area contributed by atoms with Gasteiger partial charge in [-0.05, 0) is 55.5 Å². The van der Waals surface area contributed by atoms with Gasteiger partial charge in [0.05, 0.1) is 29.8 Å². The lowest BCUT2D eigenvalue weighted by Crippen LogP contribution is -2.40. The van der Waals surface area contributed by atoms with Gasteiger partial charge in [0.15, 0.2) is 5.17 Å². The summed E-state index contributed by atoms with van der Waals surface area (Å²) in [4.78, 5) is 19.7. The second-order valence-electron chi connectivity index (χ2n) is 7.23. The van der Waals surface area contributed by atoms with Crippen LogP contribution in [0.4, 0.5) is 5.69 Å². The van der Waals surface area contributed by atoms with Crippen LogP contribution in [0, 0.1) is 0 Å². The number of aliphatic imine (C=N–C) groups is 1. The smallest absolute Gasteiger partial charge is 0.264 e. The van der Waals surface area contributed by atoms with Crippen molar-refractivity contribution in [3.63, 3.8) is 0 Å². The number of carbonyl (C=O) groups excluding carboxylic acids is 1. The quantitative estimate of drug-likeness (QED) is 0.670. The zero-order chi connectivity index (χ0) is 22.0. The molecule has 1 fully saturated rings. The molecule has 10 heteroatoms. The van der Waals surface area contributed by atoms with Crippen molar-refractivity contribution < 1.29 is 17.9 Å². The molecular formula is C21H22ClN3O4S2. The number of amides is 1. The molecule has 2 aromatic rings. The van der Waals surface area contributed by atoms with E-state index in [4.69, 9.17) is 16.3 Å². The van der Waals surface area contributed by atoms with E-state index in [1.807, 2.05) is 6.92 Å². The first-order valence-corrected chi connectivity index (χ1v) is 12.7. The topological polar surface area (TPSA) is 79.3 Å². The highest BCUT2D eigenvalue weighted by atomic mass is 35.5. The maximum atomic E-state index is 13.4. The highest BCUT2D eigenvalue weighted by Crippen LogP contribution is 2.29. The van der Waals surface area contributed by atoms with E-state index >= 15 is 0 Å². The lowest BCUT2D eigenvalue weighted by atomic mass is 10.2. The maximum Gasteiger partial charge on any atom is 0.264 e. The van der Waals surface area contributed by atoms with Gasteiger partial charge in [0, 0.05) is 29.4 Å². The van der Waals surface area contributed by atoms with E-state index in [2.05, 4.69) is 4.99 Å². The third-order valence-corrected chi connectivity index (χ3v) is 8.33. The highest BCUT2D eigenvalue weighted by Gasteiger charge is 2.29. The average molecular weight is 480 g/mol. The van der Waals surface area contributed by atoms with Crippen LogP contribution in [0.1, 0.15) is 17.3 Å². The zero-order valence-electron chi connectivity index (χ0n) is 16.9. The van der Waals surface area contributed by atoms with Gasteiger partial charge < -0.3 is 4.74 Å². The number of rotatable bonds is 4. The number of thioether (sulfide) groups is 1. The Kier molecular flexibility index (Phi) is 6.68. The number of hydrogen-bond acceptors (Lipinski definition) is 6. The second-order valence-corrected chi connectivity index (χ2v) is 10.6. The molecular weight excluding hydrogens is 458 g/mol. The fourth-order valence-corrected chi connectivity index (χ4v) is 5.89. The normalized spacial score (nSPS) is 19.8. The number of anilines is 1. The number of benzene rings is 2. The van der Waals surface area contributed by atoms with Gasteiger partial charge in [0.1, 0.15) is 0 Å². The number of hydrogen-bond donors (Lipinski definition) is 0. The third kappa shape index (κ3) is 4.80. The van der Waals surface area contributed by atoms with E-state index < -0.39 is 10.0 Å². The molecule has 1 amide bonds. The Morgan fingerprint density at radius 1 is 1.13 bits per heavy atom. The SMILES string of the molecule is C[C@@H]1CSC(N(C(=O)c2ccc(S(=O)(=O)N3CCOCC3)cc2)c2ccc(Cl)cc2)=N1. The number of morpholine rings is 1. The third-order valence-electron chi connectivity index (χ3n) is 4.97. The Labute approximate surface area is 191 Å². The second kappa shape index (κ2) is 9.30. The standard InChI is InChI=1S/C21H22ClN3O4S2/c1-15-14-30-21(23-15)25(18-6-4-17(22)5-7-18)20(26)16-2-8-19(9-3-16)31(27,28)24-10-12-29-13-11-24/h2-9,15H,10-14H2,1H3/t15-/m1/s1. The molecule has 1 atom stereocenters. The van der Waals surface area contributed by atoms with Gasteiger partial charge in [0.2, 0.25) is 10.0 Å². The molecule has 1 saturated heterocycles. The fourth-order valence-electron chi connectivity index (χ4n) is 3.32. The first-order valence-electron chi connectivity index (χ1n) is 9.85. The molecule has 0 aliphatic carbocycles. The zero-order valence-corrected chi connectivity index (χ0v) is 19.3. The predicted molar refractivity (Wildman–Crippen MR) is 124 cm³/mol. The molecule has 7 nitrogen and oxygen atoms in total. The van der Waals surface area contributed by atoms with Crippen LogP contribution in [-0.4, -0.2) is 61.9 Å². The van der Waals surface area contributed by atoms with Gasteiger partial charge >= 0.3 is 0 Å². The predicted octanol–water partition coefficient (Wildman–Crippen LogP) is 3.50. The minimum absolute atomic E-state index is 0.114. The van der Waals surface area contributed by atoms with Crippen molar-refractivity contribution >= 4 is 50.1 Å². The van der Waals surface area contributed by atoms with Crippen LogP contribution in [0.15, 0.2) is 58.4 Å². The van der Waals surface area contributed by atoms with Gasteiger partial charge in [-0.2, -0.15) is 4.31 Å². The summed E-state index contributed by atoms with van der Waals surface area (Å²) >= 11 is 7.53. The van der Waals surface area contributed by atoms with Crippen molar-refractivity contribution in [3.05, 3.63) is 59.1 Å². The van der Waals surface area contributed by atoms with Crippen LogP contribution in [0.5, 0.6) is 0 Å². The van der Waals surface area contributed by atoms with Crippen molar-refractivity contribution in [2.45, 2.75) is 17.9 Å². The first kappa shape index (κ1) is 22.3. The number of carbonyl (C=O) groups is 1. The molecule has 2 heterocycles. The van der Waals surface area contributed by atoms with Crippen LogP contribution in [0.25, 0.3) is 0 Å². The number of halogens is 1. The summed E-state index contributed by atoms with van der Waals surface area (Å²) in [5.41, 5.74) is 1.03. The summed E-state index contributed by atoms with van der Waals surface area (Å²) in [5.74, 6) is 0.515. The Bertz CT molecular complexity index is 1080. The van der Waals surface area contributed by atoms with E-state index in [-0.39, 0.29) is 16.8 Å². The molecule has 164 valence electrons. The summed E-state index contributed by atoms with van der Waals surface area (Å²) in [6.07, 6.45) is 0. The minimum Gasteiger partial charge on any atom is -0.379 e. The van der Waals surface area contributed by atoms with Gasteiger partial charge in [0.25, 0.3) is 5.91 Å². The summed E-state index contributed by atoms with van der Waals surface area (Å²) in [6, 6.07) is 13.1. The molecule has 0 unspecified atom stereocenters. The van der Waals surface area contributed by atoms with E-state index in [1.165, 1.54) is 28.2 Å². The van der Waals surface area contributed by atoms with Crippen LogP contribution in [0.2, 0.25) is 5.02 Å². The lowest BCUT2D eigenvalue weighted by molar-refractivity contribution is 0.0730. The Hall–Kier alpha value is -1.91. The summed E-state index contributed by atoms with van der Waals surface area (Å²) in [7, 11) is -3.62. The molecule has 0 spiro atoms. The molecule has 4 rings (SSSR count). The van der Waals surface area contributed by atoms with Gasteiger partial charge in [-0.15, -0.1) is 0 Å². The Balaban J connectivity index is 1.63. The molecule has 0 N–H and O–H groups in total. The molecule has 0 bridgehead atoms. The lowest BCUT2D eigenvalue weighted by Gasteiger charge is -2.26. The Morgan fingerprint density at radius 2 is 1.77 bits per heavy atom. The monoisotopic (exact) mass is 479 g/mol. The number of ether oxygens (including phenoxy) is 1. The van der Waals surface area contributed by atoms with Crippen LogP contribution >= 0.6 is 23.4 Å². The first-order chi connectivity index (χ1) is 14.9. The van der Waals surface area contributed by atoms with E-state index in [0.717, 1.165) is 5.75 Å². The van der Waals surface area contributed by atoms with Crippen LogP contribution in [-0.2, 0) is 14.8 Å². The maximum absolute atomic E-state index is 13.4. The van der Waals surface area contributed by atoms with Gasteiger partial charge in [-0.3, -0.25) is 14.7 Å². The van der Waals surface area contributed by atoms with Crippen molar-refractivity contribution in [3.8, 4) is 0 Å². The number of amidine groups is 1. The van der Waals surface area contributed by atoms with E-state index in [0.29, 0.717) is 47.7 Å². The molecule has 2 aliphatic heterocycles. The Morgan fingerprint density at radius 3 is 2.35 bits per heavy atom. The summed E-state index contributed by atoms with van der Waals surface area (Å²) in [6.45, 7) is 3.40. The minimum atomic E-state index is -3.62. The highest BCUT2D eigenvalue weighted by molar-refractivity contribution is 8.14. The van der Waals surface area contributed by atoms with E-state index in [9.17, 15) is 13.2 Å². The van der Waals surface area contributed by atoms with Crippen LogP contribution < -0.4 is 4.90 Å². The van der Waals surface area contributed by atoms with Gasteiger partial charge in [-0.25, -0.2) is 8.42 Å². The number of sulfonamides is 1. The van der Waals surface area contributed by atoms with Crippen molar-refractivity contribution in [2.24, 2.45) is 4.99 Å². The molecule has 0 saturated carbocycles.